The van der Waals surface area contributed by atoms with Gasteiger partial charge < -0.3 is 4.90 Å². The standard InChI is InChI=1S/C11H15ClN2S/c1-9-10(8-12)2-3-11(13-9)14-4-6-15-7-5-14/h2-3H,4-8H2,1H3. The fraction of sp³-hybridized carbons (Fsp3) is 0.545. The van der Waals surface area contributed by atoms with E-state index < -0.39 is 0 Å². The summed E-state index contributed by atoms with van der Waals surface area (Å²) >= 11 is 7.83. The smallest absolute Gasteiger partial charge is 0.128 e. The SMILES string of the molecule is Cc1nc(N2CCSCC2)ccc1CCl. The van der Waals surface area contributed by atoms with E-state index in [-0.39, 0.29) is 0 Å². The fourth-order valence-electron chi connectivity index (χ4n) is 1.69. The van der Waals surface area contributed by atoms with E-state index in [1.807, 2.05) is 18.7 Å². The van der Waals surface area contributed by atoms with Crippen molar-refractivity contribution in [3.63, 3.8) is 0 Å². The maximum Gasteiger partial charge on any atom is 0.128 e. The van der Waals surface area contributed by atoms with Crippen molar-refractivity contribution >= 4 is 29.2 Å². The van der Waals surface area contributed by atoms with Crippen LogP contribution in [0.25, 0.3) is 0 Å². The molecule has 1 aliphatic rings. The second-order valence-electron chi connectivity index (χ2n) is 3.65. The molecule has 0 amide bonds. The molecule has 0 atom stereocenters. The third kappa shape index (κ3) is 2.58. The zero-order valence-electron chi connectivity index (χ0n) is 8.87. The summed E-state index contributed by atoms with van der Waals surface area (Å²) in [7, 11) is 0. The average molecular weight is 243 g/mol. The third-order valence-corrected chi connectivity index (χ3v) is 3.89. The number of nitrogens with zero attached hydrogens (tertiary/aromatic N) is 2. The lowest BCUT2D eigenvalue weighted by molar-refractivity contribution is 0.834. The van der Waals surface area contributed by atoms with Crippen LogP contribution in [-0.4, -0.2) is 29.6 Å². The quantitative estimate of drug-likeness (QED) is 0.742. The molecule has 2 heterocycles. The van der Waals surface area contributed by atoms with Gasteiger partial charge >= 0.3 is 0 Å². The van der Waals surface area contributed by atoms with Crippen LogP contribution in [0.5, 0.6) is 0 Å². The molecule has 0 aromatic carbocycles. The van der Waals surface area contributed by atoms with Crippen LogP contribution < -0.4 is 4.90 Å². The monoisotopic (exact) mass is 242 g/mol. The number of hydrogen-bond acceptors (Lipinski definition) is 3. The number of aryl methyl sites for hydroxylation is 1. The Kier molecular flexibility index (Phi) is 3.76. The van der Waals surface area contributed by atoms with Crippen LogP contribution in [0.2, 0.25) is 0 Å². The molecule has 4 heteroatoms. The molecule has 0 saturated carbocycles. The molecule has 0 N–H and O–H groups in total. The number of thioether (sulfide) groups is 1. The molecule has 1 aromatic heterocycles. The van der Waals surface area contributed by atoms with E-state index in [4.69, 9.17) is 11.6 Å². The van der Waals surface area contributed by atoms with Crippen molar-refractivity contribution in [2.75, 3.05) is 29.5 Å². The molecule has 2 rings (SSSR count). The summed E-state index contributed by atoms with van der Waals surface area (Å²) in [5, 5.41) is 0. The Morgan fingerprint density at radius 1 is 1.40 bits per heavy atom. The van der Waals surface area contributed by atoms with E-state index in [1.165, 1.54) is 11.5 Å². The molecule has 0 radical (unpaired) electrons. The van der Waals surface area contributed by atoms with Crippen LogP contribution >= 0.6 is 23.4 Å². The van der Waals surface area contributed by atoms with Gasteiger partial charge in [0.15, 0.2) is 0 Å². The lowest BCUT2D eigenvalue weighted by Gasteiger charge is -2.27. The first-order valence-electron chi connectivity index (χ1n) is 5.16. The maximum atomic E-state index is 5.81. The molecule has 1 aliphatic heterocycles. The first kappa shape index (κ1) is 11.1. The number of alkyl halides is 1. The molecule has 0 unspecified atom stereocenters. The van der Waals surface area contributed by atoms with E-state index >= 15 is 0 Å². The number of pyridine rings is 1. The Morgan fingerprint density at radius 2 is 2.13 bits per heavy atom. The fourth-order valence-corrected chi connectivity index (χ4v) is 2.87. The topological polar surface area (TPSA) is 16.1 Å². The molecule has 2 nitrogen and oxygen atoms in total. The van der Waals surface area contributed by atoms with Gasteiger partial charge in [0, 0.05) is 36.2 Å². The van der Waals surface area contributed by atoms with Crippen molar-refractivity contribution in [2.24, 2.45) is 0 Å². The predicted octanol–water partition coefficient (Wildman–Crippen LogP) is 2.68. The van der Waals surface area contributed by atoms with Crippen molar-refractivity contribution in [1.29, 1.82) is 0 Å². The highest BCUT2D eigenvalue weighted by atomic mass is 35.5. The highest BCUT2D eigenvalue weighted by Crippen LogP contribution is 2.19. The average Bonchev–Trinajstić information content (AvgIpc) is 2.30. The Bertz CT molecular complexity index is 337. The predicted molar refractivity (Wildman–Crippen MR) is 68.1 cm³/mol. The first-order valence-corrected chi connectivity index (χ1v) is 6.85. The zero-order chi connectivity index (χ0) is 10.7. The molecule has 1 fully saturated rings. The maximum absolute atomic E-state index is 5.81. The van der Waals surface area contributed by atoms with E-state index in [0.29, 0.717) is 5.88 Å². The number of aromatic nitrogens is 1. The normalized spacial score (nSPS) is 16.8. The minimum atomic E-state index is 0.551. The van der Waals surface area contributed by atoms with Gasteiger partial charge in [-0.1, -0.05) is 6.07 Å². The summed E-state index contributed by atoms with van der Waals surface area (Å²) in [5.74, 6) is 4.06. The van der Waals surface area contributed by atoms with Gasteiger partial charge in [-0.05, 0) is 18.6 Å². The molecular weight excluding hydrogens is 228 g/mol. The molecule has 1 aromatic rings. The molecule has 0 aliphatic carbocycles. The third-order valence-electron chi connectivity index (χ3n) is 2.66. The van der Waals surface area contributed by atoms with Gasteiger partial charge in [0.2, 0.25) is 0 Å². The van der Waals surface area contributed by atoms with Gasteiger partial charge in [0.05, 0.1) is 0 Å². The first-order chi connectivity index (χ1) is 7.31. The lowest BCUT2D eigenvalue weighted by Crippen LogP contribution is -2.33. The summed E-state index contributed by atoms with van der Waals surface area (Å²) < 4.78 is 0. The minimum Gasteiger partial charge on any atom is -0.355 e. The van der Waals surface area contributed by atoms with Crippen molar-refractivity contribution < 1.29 is 0 Å². The van der Waals surface area contributed by atoms with Gasteiger partial charge in [0.25, 0.3) is 0 Å². The van der Waals surface area contributed by atoms with Crippen LogP contribution in [0.3, 0.4) is 0 Å². The second-order valence-corrected chi connectivity index (χ2v) is 5.14. The van der Waals surface area contributed by atoms with Gasteiger partial charge in [-0.3, -0.25) is 0 Å². The highest BCUT2D eigenvalue weighted by Gasteiger charge is 2.12. The van der Waals surface area contributed by atoms with E-state index in [1.54, 1.807) is 0 Å². The Balaban J connectivity index is 2.17. The zero-order valence-corrected chi connectivity index (χ0v) is 10.4. The number of rotatable bonds is 2. The minimum absolute atomic E-state index is 0.551. The van der Waals surface area contributed by atoms with Gasteiger partial charge in [0.1, 0.15) is 5.82 Å². The van der Waals surface area contributed by atoms with Crippen LogP contribution in [-0.2, 0) is 5.88 Å². The van der Waals surface area contributed by atoms with E-state index in [9.17, 15) is 0 Å². The van der Waals surface area contributed by atoms with Crippen molar-refractivity contribution in [3.05, 3.63) is 23.4 Å². The highest BCUT2D eigenvalue weighted by molar-refractivity contribution is 7.99. The summed E-state index contributed by atoms with van der Waals surface area (Å²) in [6.07, 6.45) is 0. The Morgan fingerprint density at radius 3 is 2.73 bits per heavy atom. The second kappa shape index (κ2) is 5.08. The molecule has 82 valence electrons. The summed E-state index contributed by atoms with van der Waals surface area (Å²) in [6.45, 7) is 4.24. The molecule has 15 heavy (non-hydrogen) atoms. The van der Waals surface area contributed by atoms with E-state index in [2.05, 4.69) is 22.0 Å². The van der Waals surface area contributed by atoms with Crippen LogP contribution in [0.15, 0.2) is 12.1 Å². The molecule has 1 saturated heterocycles. The largest absolute Gasteiger partial charge is 0.355 e. The number of hydrogen-bond donors (Lipinski definition) is 0. The molecule has 0 bridgehead atoms. The molecule has 0 spiro atoms. The van der Waals surface area contributed by atoms with Crippen molar-refractivity contribution in [3.8, 4) is 0 Å². The summed E-state index contributed by atoms with van der Waals surface area (Å²) in [4.78, 5) is 6.95. The van der Waals surface area contributed by atoms with Gasteiger partial charge in [-0.25, -0.2) is 4.98 Å². The van der Waals surface area contributed by atoms with Crippen molar-refractivity contribution in [2.45, 2.75) is 12.8 Å². The number of anilines is 1. The van der Waals surface area contributed by atoms with Gasteiger partial charge in [-0.2, -0.15) is 11.8 Å². The van der Waals surface area contributed by atoms with E-state index in [0.717, 1.165) is 30.2 Å². The van der Waals surface area contributed by atoms with Crippen LogP contribution in [0.1, 0.15) is 11.3 Å². The Hall–Kier alpha value is -0.410. The Labute approximate surface area is 100 Å². The number of halogens is 1. The van der Waals surface area contributed by atoms with Crippen LogP contribution in [0.4, 0.5) is 5.82 Å². The lowest BCUT2D eigenvalue weighted by atomic mass is 10.2. The summed E-state index contributed by atoms with van der Waals surface area (Å²) in [5.41, 5.74) is 2.19. The summed E-state index contributed by atoms with van der Waals surface area (Å²) in [6, 6.07) is 4.17. The van der Waals surface area contributed by atoms with Gasteiger partial charge in [-0.15, -0.1) is 11.6 Å². The van der Waals surface area contributed by atoms with Crippen LogP contribution in [0, 0.1) is 6.92 Å². The molecular formula is C11H15ClN2S. The van der Waals surface area contributed by atoms with Crippen molar-refractivity contribution in [1.82, 2.24) is 4.98 Å².